The molecule has 0 radical (unpaired) electrons. The Morgan fingerprint density at radius 1 is 1.32 bits per heavy atom. The summed E-state index contributed by atoms with van der Waals surface area (Å²) in [6.45, 7) is 0. The van der Waals surface area contributed by atoms with E-state index in [0.29, 0.717) is 12.2 Å². The van der Waals surface area contributed by atoms with Crippen molar-refractivity contribution in [3.05, 3.63) is 62.2 Å². The van der Waals surface area contributed by atoms with Gasteiger partial charge in [-0.1, -0.05) is 28.1 Å². The average molecular weight is 323 g/mol. The summed E-state index contributed by atoms with van der Waals surface area (Å²) in [7, 11) is 0. The number of halogens is 1. The van der Waals surface area contributed by atoms with Crippen molar-refractivity contribution in [2.24, 2.45) is 0 Å². The lowest BCUT2D eigenvalue weighted by atomic mass is 10.1. The van der Waals surface area contributed by atoms with Crippen LogP contribution >= 0.6 is 15.9 Å². The molecule has 0 fully saturated rings. The number of rotatable bonds is 4. The van der Waals surface area contributed by atoms with Gasteiger partial charge in [-0.25, -0.2) is 4.98 Å². The van der Waals surface area contributed by atoms with Crippen LogP contribution in [0.25, 0.3) is 0 Å². The number of aromatic amines is 1. The van der Waals surface area contributed by atoms with E-state index in [-0.39, 0.29) is 12.0 Å². The first-order valence-electron chi connectivity index (χ1n) is 5.58. The molecule has 0 saturated heterocycles. The van der Waals surface area contributed by atoms with Crippen molar-refractivity contribution in [1.29, 1.82) is 0 Å². The fourth-order valence-electron chi connectivity index (χ4n) is 1.63. The number of aromatic nitrogens is 2. The van der Waals surface area contributed by atoms with E-state index in [1.807, 2.05) is 24.3 Å². The first-order valence-corrected chi connectivity index (χ1v) is 6.37. The molecule has 0 spiro atoms. The third kappa shape index (κ3) is 3.75. The first-order chi connectivity index (χ1) is 9.04. The van der Waals surface area contributed by atoms with E-state index < -0.39 is 11.5 Å². The van der Waals surface area contributed by atoms with Gasteiger partial charge in [-0.15, -0.1) is 0 Å². The molecule has 0 aliphatic heterocycles. The highest BCUT2D eigenvalue weighted by molar-refractivity contribution is 9.10. The summed E-state index contributed by atoms with van der Waals surface area (Å²) in [5.41, 5.74) is 0.772. The van der Waals surface area contributed by atoms with E-state index in [1.165, 1.54) is 6.20 Å². The predicted molar refractivity (Wildman–Crippen MR) is 73.1 cm³/mol. The number of carboxylic acid groups (broad SMARTS) is 1. The number of carbonyl (C=O) groups is 1. The van der Waals surface area contributed by atoms with Gasteiger partial charge in [0.25, 0.3) is 5.56 Å². The van der Waals surface area contributed by atoms with Gasteiger partial charge in [0.15, 0.2) is 0 Å². The van der Waals surface area contributed by atoms with Crippen LogP contribution in [0.5, 0.6) is 0 Å². The number of nitrogens with zero attached hydrogens (tertiary/aromatic N) is 1. The number of H-pyrrole nitrogens is 1. The number of hydrogen-bond donors (Lipinski definition) is 2. The summed E-state index contributed by atoms with van der Waals surface area (Å²) >= 11 is 3.35. The Morgan fingerprint density at radius 2 is 2.00 bits per heavy atom. The van der Waals surface area contributed by atoms with Gasteiger partial charge >= 0.3 is 5.97 Å². The van der Waals surface area contributed by atoms with Gasteiger partial charge in [0.05, 0.1) is 6.42 Å². The number of nitrogens with one attached hydrogen (secondary N) is 1. The largest absolute Gasteiger partial charge is 0.481 e. The average Bonchev–Trinajstić information content (AvgIpc) is 2.35. The molecule has 0 bridgehead atoms. The predicted octanol–water partition coefficient (Wildman–Crippen LogP) is 1.75. The second kappa shape index (κ2) is 5.79. The molecule has 2 N–H and O–H groups in total. The Hall–Kier alpha value is -1.95. The van der Waals surface area contributed by atoms with Gasteiger partial charge in [-0.3, -0.25) is 9.59 Å². The summed E-state index contributed by atoms with van der Waals surface area (Å²) in [6.07, 6.45) is 1.50. The minimum Gasteiger partial charge on any atom is -0.481 e. The Balaban J connectivity index is 2.18. The van der Waals surface area contributed by atoms with Crippen LogP contribution in [0.1, 0.15) is 17.0 Å². The quantitative estimate of drug-likeness (QED) is 0.898. The van der Waals surface area contributed by atoms with Gasteiger partial charge in [-0.05, 0) is 17.7 Å². The van der Waals surface area contributed by atoms with Gasteiger partial charge in [0, 0.05) is 22.7 Å². The topological polar surface area (TPSA) is 83.0 Å². The van der Waals surface area contributed by atoms with Gasteiger partial charge in [0.2, 0.25) is 0 Å². The number of hydrogen-bond acceptors (Lipinski definition) is 3. The Bertz CT molecular complexity index is 650. The normalized spacial score (nSPS) is 10.4. The summed E-state index contributed by atoms with van der Waals surface area (Å²) in [5, 5.41) is 8.64. The summed E-state index contributed by atoms with van der Waals surface area (Å²) in [6, 6.07) is 7.67. The molecule has 0 unspecified atom stereocenters. The van der Waals surface area contributed by atoms with Crippen molar-refractivity contribution in [2.75, 3.05) is 0 Å². The minimum absolute atomic E-state index is 0.159. The van der Waals surface area contributed by atoms with Gasteiger partial charge in [-0.2, -0.15) is 0 Å². The molecular formula is C13H11BrN2O3. The van der Waals surface area contributed by atoms with Gasteiger partial charge in [0.1, 0.15) is 5.82 Å². The fraction of sp³-hybridized carbons (Fsp3) is 0.154. The van der Waals surface area contributed by atoms with E-state index >= 15 is 0 Å². The number of carboxylic acids is 1. The summed E-state index contributed by atoms with van der Waals surface area (Å²) in [5.74, 6) is -0.533. The lowest BCUT2D eigenvalue weighted by Crippen LogP contribution is -2.19. The molecule has 2 aromatic rings. The molecule has 0 aliphatic carbocycles. The van der Waals surface area contributed by atoms with Crippen molar-refractivity contribution >= 4 is 21.9 Å². The van der Waals surface area contributed by atoms with Crippen LogP contribution in [0.4, 0.5) is 0 Å². The van der Waals surface area contributed by atoms with Crippen molar-refractivity contribution in [3.63, 3.8) is 0 Å². The molecule has 1 aromatic carbocycles. The molecular weight excluding hydrogens is 312 g/mol. The van der Waals surface area contributed by atoms with Crippen molar-refractivity contribution in [1.82, 2.24) is 9.97 Å². The monoisotopic (exact) mass is 322 g/mol. The Morgan fingerprint density at radius 3 is 2.58 bits per heavy atom. The highest BCUT2D eigenvalue weighted by atomic mass is 79.9. The molecule has 1 heterocycles. The highest BCUT2D eigenvalue weighted by Gasteiger charge is 2.07. The van der Waals surface area contributed by atoms with E-state index in [1.54, 1.807) is 0 Å². The minimum atomic E-state index is -1.05. The van der Waals surface area contributed by atoms with Crippen LogP contribution in [0.3, 0.4) is 0 Å². The van der Waals surface area contributed by atoms with Crippen molar-refractivity contribution in [3.8, 4) is 0 Å². The van der Waals surface area contributed by atoms with Crippen LogP contribution < -0.4 is 5.56 Å². The Labute approximate surface area is 117 Å². The molecule has 0 amide bonds. The van der Waals surface area contributed by atoms with Crippen LogP contribution in [-0.2, 0) is 17.6 Å². The third-order valence-corrected chi connectivity index (χ3v) is 3.08. The molecule has 6 heteroatoms. The maximum Gasteiger partial charge on any atom is 0.308 e. The molecule has 2 rings (SSSR count). The molecule has 19 heavy (non-hydrogen) atoms. The van der Waals surface area contributed by atoms with E-state index in [2.05, 4.69) is 25.9 Å². The zero-order valence-corrected chi connectivity index (χ0v) is 11.5. The zero-order valence-electron chi connectivity index (χ0n) is 9.89. The lowest BCUT2D eigenvalue weighted by Gasteiger charge is -2.02. The third-order valence-electron chi connectivity index (χ3n) is 2.55. The fourth-order valence-corrected chi connectivity index (χ4v) is 1.90. The zero-order chi connectivity index (χ0) is 13.8. The van der Waals surface area contributed by atoms with E-state index in [4.69, 9.17) is 5.11 Å². The van der Waals surface area contributed by atoms with Crippen molar-refractivity contribution < 1.29 is 9.90 Å². The summed E-state index contributed by atoms with van der Waals surface area (Å²) < 4.78 is 0.981. The Kier molecular flexibility index (Phi) is 4.11. The van der Waals surface area contributed by atoms with Crippen LogP contribution in [0, 0.1) is 0 Å². The molecule has 0 saturated carbocycles. The van der Waals surface area contributed by atoms with Crippen molar-refractivity contribution in [2.45, 2.75) is 12.8 Å². The second-order valence-corrected chi connectivity index (χ2v) is 4.97. The van der Waals surface area contributed by atoms with E-state index in [0.717, 1.165) is 10.0 Å². The molecule has 1 aromatic heterocycles. The van der Waals surface area contributed by atoms with Gasteiger partial charge < -0.3 is 10.1 Å². The number of benzene rings is 1. The second-order valence-electron chi connectivity index (χ2n) is 4.06. The van der Waals surface area contributed by atoms with Crippen LogP contribution in [0.2, 0.25) is 0 Å². The molecule has 0 aliphatic rings. The van der Waals surface area contributed by atoms with Crippen LogP contribution in [-0.4, -0.2) is 21.0 Å². The molecule has 98 valence electrons. The maximum atomic E-state index is 11.7. The number of aliphatic carboxylic acids is 1. The molecule has 0 atom stereocenters. The van der Waals surface area contributed by atoms with E-state index in [9.17, 15) is 9.59 Å². The standard InChI is InChI=1S/C13H11BrN2O3/c14-10-3-1-8(2-4-10)5-11-15-7-9(6-12(17)18)13(19)16-11/h1-4,7H,5-6H2,(H,17,18)(H,15,16,19). The van der Waals surface area contributed by atoms with Crippen LogP contribution in [0.15, 0.2) is 39.7 Å². The molecule has 5 nitrogen and oxygen atoms in total. The smallest absolute Gasteiger partial charge is 0.308 e. The maximum absolute atomic E-state index is 11.7. The SMILES string of the molecule is O=C(O)Cc1cnc(Cc2ccc(Br)cc2)[nH]c1=O. The summed E-state index contributed by atoms with van der Waals surface area (Å²) in [4.78, 5) is 28.9. The lowest BCUT2D eigenvalue weighted by molar-refractivity contribution is -0.136. The first kappa shape index (κ1) is 13.5. The highest BCUT2D eigenvalue weighted by Crippen LogP contribution is 2.12.